The SMILES string of the molecule is CCCCCCCCC(C)C(C)(Cl)Cl.CCCCCCCCCC. The zero-order valence-electron chi connectivity index (χ0n) is 17.4. The van der Waals surface area contributed by atoms with E-state index in [1.807, 2.05) is 6.92 Å². The first-order chi connectivity index (χ1) is 11.4. The van der Waals surface area contributed by atoms with Crippen molar-refractivity contribution in [1.29, 1.82) is 0 Å². The van der Waals surface area contributed by atoms with E-state index < -0.39 is 4.33 Å². The van der Waals surface area contributed by atoms with Crippen molar-refractivity contribution in [3.05, 3.63) is 0 Å². The molecule has 0 amide bonds. The minimum Gasteiger partial charge on any atom is -0.102 e. The van der Waals surface area contributed by atoms with E-state index in [1.54, 1.807) is 0 Å². The number of unbranched alkanes of at least 4 members (excludes halogenated alkanes) is 12. The summed E-state index contributed by atoms with van der Waals surface area (Å²) in [5.41, 5.74) is 0. The zero-order valence-corrected chi connectivity index (χ0v) is 19.0. The predicted octanol–water partition coefficient (Wildman–Crippen LogP) is 9.71. The second-order valence-corrected chi connectivity index (χ2v) is 9.30. The summed E-state index contributed by atoms with van der Waals surface area (Å²) in [6.45, 7) is 10.8. The van der Waals surface area contributed by atoms with Crippen LogP contribution < -0.4 is 0 Å². The van der Waals surface area contributed by atoms with Gasteiger partial charge in [0, 0.05) is 0 Å². The van der Waals surface area contributed by atoms with Gasteiger partial charge >= 0.3 is 0 Å². The van der Waals surface area contributed by atoms with Crippen LogP contribution in [-0.4, -0.2) is 4.33 Å². The summed E-state index contributed by atoms with van der Waals surface area (Å²) in [7, 11) is 0. The topological polar surface area (TPSA) is 0 Å². The fourth-order valence-corrected chi connectivity index (χ4v) is 2.91. The average Bonchev–Trinajstić information content (AvgIpc) is 2.53. The number of rotatable bonds is 15. The van der Waals surface area contributed by atoms with Crippen molar-refractivity contribution in [1.82, 2.24) is 0 Å². The number of hydrogen-bond acceptors (Lipinski definition) is 0. The lowest BCUT2D eigenvalue weighted by Crippen LogP contribution is -2.18. The van der Waals surface area contributed by atoms with Gasteiger partial charge in [0.05, 0.1) is 0 Å². The van der Waals surface area contributed by atoms with Gasteiger partial charge in [-0.2, -0.15) is 0 Å². The van der Waals surface area contributed by atoms with Crippen molar-refractivity contribution in [2.24, 2.45) is 5.92 Å². The van der Waals surface area contributed by atoms with E-state index in [9.17, 15) is 0 Å². The van der Waals surface area contributed by atoms with Crippen LogP contribution in [0.4, 0.5) is 0 Å². The van der Waals surface area contributed by atoms with Crippen molar-refractivity contribution in [3.63, 3.8) is 0 Å². The maximum Gasteiger partial charge on any atom is 0.118 e. The highest BCUT2D eigenvalue weighted by Gasteiger charge is 2.24. The van der Waals surface area contributed by atoms with Crippen LogP contribution >= 0.6 is 23.2 Å². The van der Waals surface area contributed by atoms with Crippen LogP contribution in [-0.2, 0) is 0 Å². The molecule has 0 rings (SSSR count). The molecule has 0 N–H and O–H groups in total. The molecule has 148 valence electrons. The Kier molecular flexibility index (Phi) is 22.2. The Morgan fingerprint density at radius 1 is 0.583 bits per heavy atom. The van der Waals surface area contributed by atoms with Crippen molar-refractivity contribution in [2.75, 3.05) is 0 Å². The lowest BCUT2D eigenvalue weighted by molar-refractivity contribution is 0.453. The van der Waals surface area contributed by atoms with Gasteiger partial charge in [0.2, 0.25) is 0 Å². The maximum absolute atomic E-state index is 6.01. The normalized spacial score (nSPS) is 12.6. The van der Waals surface area contributed by atoms with Gasteiger partial charge in [-0.25, -0.2) is 0 Å². The fraction of sp³-hybridized carbons (Fsp3) is 1.00. The molecule has 0 spiro atoms. The number of halogens is 2. The second-order valence-electron chi connectivity index (χ2n) is 7.54. The van der Waals surface area contributed by atoms with Crippen LogP contribution in [0.1, 0.15) is 131 Å². The highest BCUT2D eigenvalue weighted by Crippen LogP contribution is 2.32. The summed E-state index contributed by atoms with van der Waals surface area (Å²) >= 11 is 12.0. The van der Waals surface area contributed by atoms with Gasteiger partial charge in [-0.1, -0.05) is 118 Å². The molecule has 2 heteroatoms. The van der Waals surface area contributed by atoms with Gasteiger partial charge in [0.25, 0.3) is 0 Å². The third kappa shape index (κ3) is 22.6. The Bertz CT molecular complexity index is 213. The van der Waals surface area contributed by atoms with Crippen molar-refractivity contribution >= 4 is 23.2 Å². The third-order valence-corrected chi connectivity index (χ3v) is 5.56. The molecule has 1 atom stereocenters. The third-order valence-electron chi connectivity index (χ3n) is 4.81. The fourth-order valence-electron chi connectivity index (χ4n) is 2.69. The second kappa shape index (κ2) is 19.9. The Morgan fingerprint density at radius 2 is 0.875 bits per heavy atom. The van der Waals surface area contributed by atoms with Crippen molar-refractivity contribution in [3.8, 4) is 0 Å². The molecule has 0 aliphatic carbocycles. The van der Waals surface area contributed by atoms with Gasteiger partial charge < -0.3 is 0 Å². The highest BCUT2D eigenvalue weighted by atomic mass is 35.5. The number of alkyl halides is 2. The molecule has 0 saturated heterocycles. The van der Waals surface area contributed by atoms with Crippen LogP contribution in [0.25, 0.3) is 0 Å². The molecular formula is C22H46Cl2. The predicted molar refractivity (Wildman–Crippen MR) is 116 cm³/mol. The van der Waals surface area contributed by atoms with E-state index in [4.69, 9.17) is 23.2 Å². The van der Waals surface area contributed by atoms with Gasteiger partial charge in [0.15, 0.2) is 0 Å². The molecule has 0 nitrogen and oxygen atoms in total. The molecule has 0 heterocycles. The lowest BCUT2D eigenvalue weighted by atomic mass is 9.99. The smallest absolute Gasteiger partial charge is 0.102 e. The minimum atomic E-state index is -0.552. The van der Waals surface area contributed by atoms with Crippen molar-refractivity contribution in [2.45, 2.75) is 135 Å². The largest absolute Gasteiger partial charge is 0.118 e. The molecule has 0 aromatic carbocycles. The average molecular weight is 382 g/mol. The van der Waals surface area contributed by atoms with Gasteiger partial charge in [-0.05, 0) is 19.3 Å². The Morgan fingerprint density at radius 3 is 1.17 bits per heavy atom. The van der Waals surface area contributed by atoms with Crippen LogP contribution in [0.5, 0.6) is 0 Å². The van der Waals surface area contributed by atoms with E-state index in [-0.39, 0.29) is 0 Å². The van der Waals surface area contributed by atoms with Crippen LogP contribution in [0.3, 0.4) is 0 Å². The molecule has 24 heavy (non-hydrogen) atoms. The molecule has 0 aromatic rings. The van der Waals surface area contributed by atoms with Gasteiger partial charge in [-0.15, -0.1) is 23.2 Å². The molecule has 0 fully saturated rings. The van der Waals surface area contributed by atoms with E-state index in [2.05, 4.69) is 27.7 Å². The Hall–Kier alpha value is 0.580. The van der Waals surface area contributed by atoms with Crippen LogP contribution in [0.2, 0.25) is 0 Å². The summed E-state index contributed by atoms with van der Waals surface area (Å²) in [6.07, 6.45) is 20.6. The standard InChI is InChI=1S/C12H24Cl2.C10H22/c1-4-5-6-7-8-9-10-11(2)12(3,13)14;1-3-5-7-9-10-8-6-4-2/h11H,4-10H2,1-3H3;3-10H2,1-2H3. The molecule has 0 aromatic heterocycles. The van der Waals surface area contributed by atoms with E-state index in [1.165, 1.54) is 89.9 Å². The van der Waals surface area contributed by atoms with Crippen LogP contribution in [0.15, 0.2) is 0 Å². The molecule has 0 radical (unpaired) electrons. The summed E-state index contributed by atoms with van der Waals surface area (Å²) in [5, 5.41) is 0. The Labute approximate surface area is 164 Å². The summed E-state index contributed by atoms with van der Waals surface area (Å²) in [6, 6.07) is 0. The van der Waals surface area contributed by atoms with E-state index in [0.717, 1.165) is 6.42 Å². The maximum atomic E-state index is 6.01. The molecule has 0 aliphatic heterocycles. The first kappa shape index (κ1) is 26.8. The highest BCUT2D eigenvalue weighted by molar-refractivity contribution is 6.48. The Balaban J connectivity index is 0. The molecule has 0 bridgehead atoms. The molecular weight excluding hydrogens is 335 g/mol. The first-order valence-electron chi connectivity index (χ1n) is 10.8. The minimum absolute atomic E-state index is 0.400. The van der Waals surface area contributed by atoms with E-state index in [0.29, 0.717) is 5.92 Å². The molecule has 0 saturated carbocycles. The lowest BCUT2D eigenvalue weighted by Gasteiger charge is -2.21. The van der Waals surface area contributed by atoms with E-state index >= 15 is 0 Å². The van der Waals surface area contributed by atoms with Gasteiger partial charge in [-0.3, -0.25) is 0 Å². The molecule has 0 aliphatic rings. The summed E-state index contributed by atoms with van der Waals surface area (Å²) < 4.78 is -0.552. The van der Waals surface area contributed by atoms with Crippen molar-refractivity contribution < 1.29 is 0 Å². The van der Waals surface area contributed by atoms with Gasteiger partial charge in [0.1, 0.15) is 4.33 Å². The molecule has 1 unspecified atom stereocenters. The quantitative estimate of drug-likeness (QED) is 0.196. The summed E-state index contributed by atoms with van der Waals surface area (Å²) in [5.74, 6) is 0.400. The number of hydrogen-bond donors (Lipinski definition) is 0. The first-order valence-corrected chi connectivity index (χ1v) is 11.5. The summed E-state index contributed by atoms with van der Waals surface area (Å²) in [4.78, 5) is 0. The van der Waals surface area contributed by atoms with Crippen LogP contribution in [0, 0.1) is 5.92 Å². The zero-order chi connectivity index (χ0) is 18.7. The monoisotopic (exact) mass is 380 g/mol.